The topological polar surface area (TPSA) is 45.7 Å². The van der Waals surface area contributed by atoms with Crippen LogP contribution in [0, 0.1) is 0 Å². The maximum absolute atomic E-state index is 5.38. The number of para-hydroxylation sites is 1. The van der Waals surface area contributed by atoms with E-state index in [2.05, 4.69) is 28.6 Å². The van der Waals surface area contributed by atoms with Crippen molar-refractivity contribution in [3.05, 3.63) is 29.8 Å². The van der Waals surface area contributed by atoms with E-state index in [-0.39, 0.29) is 0 Å². The summed E-state index contributed by atoms with van der Waals surface area (Å²) in [4.78, 5) is 4.69. The van der Waals surface area contributed by atoms with Crippen LogP contribution in [0.2, 0.25) is 0 Å². The molecule has 0 aliphatic heterocycles. The van der Waals surface area contributed by atoms with Crippen molar-refractivity contribution >= 4 is 5.96 Å². The monoisotopic (exact) mass is 289 g/mol. The number of rotatable bonds is 6. The van der Waals surface area contributed by atoms with Crippen molar-refractivity contribution in [2.75, 3.05) is 20.2 Å². The molecule has 2 rings (SSSR count). The van der Waals surface area contributed by atoms with Crippen molar-refractivity contribution in [3.8, 4) is 5.75 Å². The largest absolute Gasteiger partial charge is 0.496 e. The molecule has 1 saturated carbocycles. The van der Waals surface area contributed by atoms with Crippen molar-refractivity contribution in [3.63, 3.8) is 0 Å². The molecule has 0 amide bonds. The minimum Gasteiger partial charge on any atom is -0.496 e. The molecule has 0 aromatic heterocycles. The second-order valence-corrected chi connectivity index (χ2v) is 5.45. The van der Waals surface area contributed by atoms with Gasteiger partial charge in [-0.15, -0.1) is 0 Å². The first kappa shape index (κ1) is 15.7. The zero-order valence-electron chi connectivity index (χ0n) is 13.2. The van der Waals surface area contributed by atoms with Crippen molar-refractivity contribution in [2.24, 2.45) is 4.99 Å². The SMILES string of the molecule is CCNC(=NCCc1ccccc1OC)NC1CCCC1. The lowest BCUT2D eigenvalue weighted by Gasteiger charge is -2.16. The highest BCUT2D eigenvalue weighted by Gasteiger charge is 2.15. The molecule has 0 heterocycles. The fraction of sp³-hybridized carbons (Fsp3) is 0.588. The Labute approximate surface area is 128 Å². The molecule has 1 fully saturated rings. The average Bonchev–Trinajstić information content (AvgIpc) is 3.01. The third-order valence-corrected chi connectivity index (χ3v) is 3.88. The summed E-state index contributed by atoms with van der Waals surface area (Å²) in [7, 11) is 1.72. The van der Waals surface area contributed by atoms with Crippen LogP contribution >= 0.6 is 0 Å². The maximum Gasteiger partial charge on any atom is 0.191 e. The summed E-state index contributed by atoms with van der Waals surface area (Å²) < 4.78 is 5.38. The highest BCUT2D eigenvalue weighted by molar-refractivity contribution is 5.80. The van der Waals surface area contributed by atoms with Crippen molar-refractivity contribution in [1.82, 2.24) is 10.6 Å². The van der Waals surface area contributed by atoms with Crippen molar-refractivity contribution < 1.29 is 4.74 Å². The van der Waals surface area contributed by atoms with E-state index in [9.17, 15) is 0 Å². The fourth-order valence-electron chi connectivity index (χ4n) is 2.78. The van der Waals surface area contributed by atoms with Gasteiger partial charge in [0.15, 0.2) is 5.96 Å². The molecule has 0 spiro atoms. The molecular weight excluding hydrogens is 262 g/mol. The first-order chi connectivity index (χ1) is 10.3. The van der Waals surface area contributed by atoms with Gasteiger partial charge in [-0.05, 0) is 37.8 Å². The lowest BCUT2D eigenvalue weighted by atomic mass is 10.1. The number of nitrogens with zero attached hydrogens (tertiary/aromatic N) is 1. The molecule has 4 nitrogen and oxygen atoms in total. The van der Waals surface area contributed by atoms with Gasteiger partial charge in [0.1, 0.15) is 5.75 Å². The second kappa shape index (κ2) is 8.55. The van der Waals surface area contributed by atoms with E-state index in [1.54, 1.807) is 7.11 Å². The maximum atomic E-state index is 5.38. The molecule has 1 aromatic rings. The van der Waals surface area contributed by atoms with E-state index in [0.717, 1.165) is 31.2 Å². The van der Waals surface area contributed by atoms with Gasteiger partial charge in [0, 0.05) is 19.1 Å². The highest BCUT2D eigenvalue weighted by Crippen LogP contribution is 2.18. The summed E-state index contributed by atoms with van der Waals surface area (Å²) in [5, 5.41) is 6.87. The average molecular weight is 289 g/mol. The van der Waals surface area contributed by atoms with E-state index in [1.807, 2.05) is 18.2 Å². The number of guanidine groups is 1. The summed E-state index contributed by atoms with van der Waals surface area (Å²) in [6, 6.07) is 8.74. The van der Waals surface area contributed by atoms with Gasteiger partial charge in [-0.3, -0.25) is 4.99 Å². The lowest BCUT2D eigenvalue weighted by Crippen LogP contribution is -2.42. The van der Waals surface area contributed by atoms with Crippen molar-refractivity contribution in [2.45, 2.75) is 45.1 Å². The molecule has 116 valence electrons. The van der Waals surface area contributed by atoms with Crippen LogP contribution < -0.4 is 15.4 Å². The van der Waals surface area contributed by atoms with Crippen LogP contribution in [-0.2, 0) is 6.42 Å². The number of benzene rings is 1. The first-order valence-corrected chi connectivity index (χ1v) is 8.00. The van der Waals surface area contributed by atoms with Gasteiger partial charge < -0.3 is 15.4 Å². The summed E-state index contributed by atoms with van der Waals surface area (Å²) in [6.07, 6.45) is 6.08. The number of hydrogen-bond acceptors (Lipinski definition) is 2. The molecular formula is C17H27N3O. The lowest BCUT2D eigenvalue weighted by molar-refractivity contribution is 0.410. The van der Waals surface area contributed by atoms with Gasteiger partial charge >= 0.3 is 0 Å². The van der Waals surface area contributed by atoms with E-state index in [4.69, 9.17) is 4.74 Å². The standard InChI is InChI=1S/C17H27N3O/c1-3-18-17(20-15-9-5-6-10-15)19-13-12-14-8-4-7-11-16(14)21-2/h4,7-8,11,15H,3,5-6,9-10,12-13H2,1-2H3,(H2,18,19,20). The van der Waals surface area contributed by atoms with E-state index in [0.29, 0.717) is 6.04 Å². The molecule has 2 N–H and O–H groups in total. The highest BCUT2D eigenvalue weighted by atomic mass is 16.5. The van der Waals surface area contributed by atoms with Crippen LogP contribution in [0.1, 0.15) is 38.2 Å². The molecule has 0 radical (unpaired) electrons. The summed E-state index contributed by atoms with van der Waals surface area (Å²) >= 11 is 0. The number of methoxy groups -OCH3 is 1. The van der Waals surface area contributed by atoms with Crippen molar-refractivity contribution in [1.29, 1.82) is 0 Å². The zero-order valence-corrected chi connectivity index (χ0v) is 13.2. The van der Waals surface area contributed by atoms with Gasteiger partial charge in [-0.25, -0.2) is 0 Å². The molecule has 0 unspecified atom stereocenters. The Morgan fingerprint density at radius 2 is 2.05 bits per heavy atom. The Morgan fingerprint density at radius 3 is 2.76 bits per heavy atom. The number of ether oxygens (including phenoxy) is 1. The van der Waals surface area contributed by atoms with Crippen LogP contribution in [0.4, 0.5) is 0 Å². The quantitative estimate of drug-likeness (QED) is 0.625. The first-order valence-electron chi connectivity index (χ1n) is 8.00. The van der Waals surface area contributed by atoms with E-state index in [1.165, 1.54) is 31.2 Å². The summed E-state index contributed by atoms with van der Waals surface area (Å²) in [6.45, 7) is 3.77. The normalized spacial score (nSPS) is 16.0. The molecule has 1 aromatic carbocycles. The molecule has 21 heavy (non-hydrogen) atoms. The third-order valence-electron chi connectivity index (χ3n) is 3.88. The van der Waals surface area contributed by atoms with Crippen LogP contribution in [0.25, 0.3) is 0 Å². The molecule has 0 atom stereocenters. The predicted molar refractivity (Wildman–Crippen MR) is 88.1 cm³/mol. The van der Waals surface area contributed by atoms with E-state index >= 15 is 0 Å². The fourth-order valence-corrected chi connectivity index (χ4v) is 2.78. The number of hydrogen-bond donors (Lipinski definition) is 2. The minimum absolute atomic E-state index is 0.592. The van der Waals surface area contributed by atoms with Crippen LogP contribution in [0.15, 0.2) is 29.3 Å². The smallest absolute Gasteiger partial charge is 0.191 e. The third kappa shape index (κ3) is 4.96. The molecule has 1 aliphatic rings. The number of nitrogens with one attached hydrogen (secondary N) is 2. The Morgan fingerprint density at radius 1 is 1.29 bits per heavy atom. The van der Waals surface area contributed by atoms with Gasteiger partial charge in [0.05, 0.1) is 7.11 Å². The van der Waals surface area contributed by atoms with Gasteiger partial charge in [-0.2, -0.15) is 0 Å². The van der Waals surface area contributed by atoms with Crippen LogP contribution in [0.3, 0.4) is 0 Å². The van der Waals surface area contributed by atoms with Gasteiger partial charge in [0.25, 0.3) is 0 Å². The van der Waals surface area contributed by atoms with Gasteiger partial charge in [0.2, 0.25) is 0 Å². The van der Waals surface area contributed by atoms with Gasteiger partial charge in [-0.1, -0.05) is 31.0 Å². The summed E-state index contributed by atoms with van der Waals surface area (Å²) in [5.74, 6) is 1.89. The Hall–Kier alpha value is -1.71. The number of aliphatic imine (C=N–C) groups is 1. The Bertz CT molecular complexity index is 453. The van der Waals surface area contributed by atoms with Crippen LogP contribution in [0.5, 0.6) is 5.75 Å². The minimum atomic E-state index is 0.592. The van der Waals surface area contributed by atoms with E-state index < -0.39 is 0 Å². The Kier molecular flexibility index (Phi) is 6.38. The Balaban J connectivity index is 1.89. The molecule has 0 saturated heterocycles. The zero-order chi connectivity index (χ0) is 14.9. The predicted octanol–water partition coefficient (Wildman–Crippen LogP) is 2.74. The molecule has 1 aliphatic carbocycles. The second-order valence-electron chi connectivity index (χ2n) is 5.45. The molecule has 0 bridgehead atoms. The summed E-state index contributed by atoms with van der Waals surface area (Å²) in [5.41, 5.74) is 1.21. The molecule has 4 heteroatoms. The van der Waals surface area contributed by atoms with Crippen LogP contribution in [-0.4, -0.2) is 32.2 Å².